The van der Waals surface area contributed by atoms with Gasteiger partial charge in [0.2, 0.25) is 0 Å². The van der Waals surface area contributed by atoms with Gasteiger partial charge in [0, 0.05) is 6.04 Å². The van der Waals surface area contributed by atoms with E-state index in [9.17, 15) is 0 Å². The van der Waals surface area contributed by atoms with Crippen LogP contribution in [0, 0.1) is 0 Å². The molecule has 0 aromatic rings. The monoisotopic (exact) mass is 157 g/mol. The van der Waals surface area contributed by atoms with Crippen LogP contribution in [0.15, 0.2) is 0 Å². The zero-order chi connectivity index (χ0) is 8.53. The molecule has 0 heterocycles. The molecule has 0 fully saturated rings. The lowest BCUT2D eigenvalue weighted by Crippen LogP contribution is -2.19. The lowest BCUT2D eigenvalue weighted by Gasteiger charge is -2.09. The number of hydrogen-bond donors (Lipinski definition) is 1. The molecule has 0 rings (SSSR count). The molecule has 0 saturated carbocycles. The highest BCUT2D eigenvalue weighted by molar-refractivity contribution is 4.60. The molecule has 0 aliphatic carbocycles. The van der Waals surface area contributed by atoms with E-state index < -0.39 is 0 Å². The fourth-order valence-corrected chi connectivity index (χ4v) is 1.27. The Morgan fingerprint density at radius 2 is 1.45 bits per heavy atom. The third kappa shape index (κ3) is 7.86. The summed E-state index contributed by atoms with van der Waals surface area (Å²) in [4.78, 5) is 0. The highest BCUT2D eigenvalue weighted by Gasteiger charge is 1.99. The van der Waals surface area contributed by atoms with Crippen LogP contribution in [0.5, 0.6) is 0 Å². The topological polar surface area (TPSA) is 26.0 Å². The highest BCUT2D eigenvalue weighted by Crippen LogP contribution is 2.07. The third-order valence-corrected chi connectivity index (χ3v) is 2.11. The Morgan fingerprint density at radius 1 is 0.909 bits per heavy atom. The van der Waals surface area contributed by atoms with Crippen molar-refractivity contribution in [3.8, 4) is 0 Å². The second-order valence-electron chi connectivity index (χ2n) is 3.40. The fraction of sp³-hybridized carbons (Fsp3) is 1.00. The van der Waals surface area contributed by atoms with Crippen molar-refractivity contribution in [2.24, 2.45) is 5.73 Å². The largest absolute Gasteiger partial charge is 0.328 e. The van der Waals surface area contributed by atoms with Gasteiger partial charge in [-0.1, -0.05) is 46.0 Å². The van der Waals surface area contributed by atoms with Gasteiger partial charge < -0.3 is 5.73 Å². The first-order valence-corrected chi connectivity index (χ1v) is 5.06. The van der Waals surface area contributed by atoms with Gasteiger partial charge in [-0.25, -0.2) is 0 Å². The summed E-state index contributed by atoms with van der Waals surface area (Å²) >= 11 is 0. The number of hydrogen-bond acceptors (Lipinski definition) is 1. The van der Waals surface area contributed by atoms with Gasteiger partial charge in [-0.3, -0.25) is 0 Å². The molecule has 0 aromatic carbocycles. The van der Waals surface area contributed by atoms with Crippen LogP contribution in [-0.4, -0.2) is 6.04 Å². The standard InChI is InChI=1S/C10H23N/c1-3-5-7-9-10(11)8-6-4-2/h10H,3-9,11H2,1-2H3. The quantitative estimate of drug-likeness (QED) is 0.565. The first-order valence-electron chi connectivity index (χ1n) is 5.06. The summed E-state index contributed by atoms with van der Waals surface area (Å²) < 4.78 is 0. The summed E-state index contributed by atoms with van der Waals surface area (Å²) in [6.07, 6.45) is 9.00. The van der Waals surface area contributed by atoms with Crippen molar-refractivity contribution in [2.45, 2.75) is 64.8 Å². The van der Waals surface area contributed by atoms with Crippen molar-refractivity contribution in [1.29, 1.82) is 0 Å². The number of nitrogens with two attached hydrogens (primary N) is 1. The molecular formula is C10H23N. The van der Waals surface area contributed by atoms with Gasteiger partial charge in [0.15, 0.2) is 0 Å². The fourth-order valence-electron chi connectivity index (χ4n) is 1.27. The van der Waals surface area contributed by atoms with Crippen LogP contribution < -0.4 is 5.73 Å². The van der Waals surface area contributed by atoms with Crippen LogP contribution >= 0.6 is 0 Å². The van der Waals surface area contributed by atoms with Gasteiger partial charge in [-0.05, 0) is 12.8 Å². The van der Waals surface area contributed by atoms with Gasteiger partial charge in [0.05, 0.1) is 0 Å². The molecule has 1 atom stereocenters. The predicted molar refractivity (Wildman–Crippen MR) is 51.6 cm³/mol. The van der Waals surface area contributed by atoms with E-state index in [1.807, 2.05) is 0 Å². The molecule has 1 nitrogen and oxygen atoms in total. The van der Waals surface area contributed by atoms with E-state index in [1.54, 1.807) is 0 Å². The minimum atomic E-state index is 0.474. The van der Waals surface area contributed by atoms with Crippen LogP contribution in [0.25, 0.3) is 0 Å². The van der Waals surface area contributed by atoms with Gasteiger partial charge in [0.25, 0.3) is 0 Å². The second-order valence-corrected chi connectivity index (χ2v) is 3.40. The Morgan fingerprint density at radius 3 is 2.00 bits per heavy atom. The van der Waals surface area contributed by atoms with Gasteiger partial charge >= 0.3 is 0 Å². The molecule has 0 aliphatic heterocycles. The Labute approximate surface area is 71.4 Å². The van der Waals surface area contributed by atoms with Crippen LogP contribution in [0.1, 0.15) is 58.8 Å². The van der Waals surface area contributed by atoms with E-state index in [2.05, 4.69) is 13.8 Å². The maximum absolute atomic E-state index is 5.90. The minimum absolute atomic E-state index is 0.474. The van der Waals surface area contributed by atoms with Gasteiger partial charge in [0.1, 0.15) is 0 Å². The summed E-state index contributed by atoms with van der Waals surface area (Å²) in [7, 11) is 0. The zero-order valence-corrected chi connectivity index (χ0v) is 8.10. The molecule has 0 radical (unpaired) electrons. The van der Waals surface area contributed by atoms with Crippen molar-refractivity contribution in [3.05, 3.63) is 0 Å². The average molecular weight is 157 g/mol. The minimum Gasteiger partial charge on any atom is -0.328 e. The van der Waals surface area contributed by atoms with E-state index >= 15 is 0 Å². The molecule has 0 aliphatic rings. The number of unbranched alkanes of at least 4 members (excludes halogenated alkanes) is 3. The molecule has 1 unspecified atom stereocenters. The first-order chi connectivity index (χ1) is 5.31. The van der Waals surface area contributed by atoms with Gasteiger partial charge in [-0.2, -0.15) is 0 Å². The summed E-state index contributed by atoms with van der Waals surface area (Å²) in [6.45, 7) is 4.45. The molecule has 68 valence electrons. The van der Waals surface area contributed by atoms with E-state index in [0.29, 0.717) is 6.04 Å². The van der Waals surface area contributed by atoms with E-state index in [4.69, 9.17) is 5.73 Å². The molecule has 0 amide bonds. The zero-order valence-electron chi connectivity index (χ0n) is 8.10. The molecule has 0 aromatic heterocycles. The highest BCUT2D eigenvalue weighted by atomic mass is 14.6. The van der Waals surface area contributed by atoms with Crippen molar-refractivity contribution in [1.82, 2.24) is 0 Å². The van der Waals surface area contributed by atoms with Crippen LogP contribution in [0.3, 0.4) is 0 Å². The Kier molecular flexibility index (Phi) is 8.03. The first kappa shape index (κ1) is 11.0. The Hall–Kier alpha value is -0.0400. The van der Waals surface area contributed by atoms with E-state index in [-0.39, 0.29) is 0 Å². The Balaban J connectivity index is 3.02. The lowest BCUT2D eigenvalue weighted by atomic mass is 10.0. The molecule has 1 heteroatoms. The maximum Gasteiger partial charge on any atom is 0.00388 e. The summed E-state index contributed by atoms with van der Waals surface area (Å²) in [5.74, 6) is 0. The summed E-state index contributed by atoms with van der Waals surface area (Å²) in [5.41, 5.74) is 5.90. The molecule has 2 N–H and O–H groups in total. The maximum atomic E-state index is 5.90. The molecule has 0 spiro atoms. The predicted octanol–water partition coefficient (Wildman–Crippen LogP) is 3.08. The van der Waals surface area contributed by atoms with Crippen molar-refractivity contribution < 1.29 is 0 Å². The SMILES string of the molecule is CCCCCC(N)CCCC. The molecule has 11 heavy (non-hydrogen) atoms. The summed E-state index contributed by atoms with van der Waals surface area (Å²) in [5, 5.41) is 0. The van der Waals surface area contributed by atoms with Crippen LogP contribution in [0.4, 0.5) is 0 Å². The smallest absolute Gasteiger partial charge is 0.00388 e. The third-order valence-electron chi connectivity index (χ3n) is 2.11. The van der Waals surface area contributed by atoms with Crippen LogP contribution in [0.2, 0.25) is 0 Å². The second kappa shape index (κ2) is 8.06. The Bertz CT molecular complexity index is 71.3. The molecule has 0 bridgehead atoms. The van der Waals surface area contributed by atoms with Crippen LogP contribution in [-0.2, 0) is 0 Å². The van der Waals surface area contributed by atoms with Crippen molar-refractivity contribution in [3.63, 3.8) is 0 Å². The normalized spacial score (nSPS) is 13.4. The van der Waals surface area contributed by atoms with Gasteiger partial charge in [-0.15, -0.1) is 0 Å². The van der Waals surface area contributed by atoms with E-state index in [1.165, 1.54) is 44.9 Å². The lowest BCUT2D eigenvalue weighted by molar-refractivity contribution is 0.510. The number of rotatable bonds is 7. The van der Waals surface area contributed by atoms with Crippen molar-refractivity contribution in [2.75, 3.05) is 0 Å². The average Bonchev–Trinajstić information content (AvgIpc) is 2.01. The van der Waals surface area contributed by atoms with E-state index in [0.717, 1.165) is 0 Å². The summed E-state index contributed by atoms with van der Waals surface area (Å²) in [6, 6.07) is 0.474. The molecule has 0 saturated heterocycles. The molecular weight excluding hydrogens is 134 g/mol. The van der Waals surface area contributed by atoms with Crippen molar-refractivity contribution >= 4 is 0 Å².